The third-order valence-corrected chi connectivity index (χ3v) is 4.99. The van der Waals surface area contributed by atoms with E-state index in [-0.39, 0.29) is 20.9 Å². The van der Waals surface area contributed by atoms with Gasteiger partial charge in [0.25, 0.3) is 10.0 Å². The predicted octanol–water partition coefficient (Wildman–Crippen LogP) is 1.88. The van der Waals surface area contributed by atoms with Crippen molar-refractivity contribution in [2.45, 2.75) is 11.3 Å². The van der Waals surface area contributed by atoms with Crippen LogP contribution in [-0.2, 0) is 10.0 Å². The molecule has 2 heterocycles. The van der Waals surface area contributed by atoms with Crippen molar-refractivity contribution in [3.05, 3.63) is 29.8 Å². The first-order chi connectivity index (χ1) is 9.78. The molecule has 112 valence electrons. The van der Waals surface area contributed by atoms with E-state index in [1.807, 2.05) is 5.32 Å². The molecule has 8 nitrogen and oxygen atoms in total. The zero-order chi connectivity index (χ0) is 15.6. The van der Waals surface area contributed by atoms with Gasteiger partial charge >= 0.3 is 6.09 Å². The number of pyridine rings is 1. The van der Waals surface area contributed by atoms with E-state index in [1.54, 1.807) is 0 Å². The van der Waals surface area contributed by atoms with Crippen LogP contribution in [0.2, 0.25) is 0 Å². The van der Waals surface area contributed by atoms with E-state index in [9.17, 15) is 17.6 Å². The second-order valence-corrected chi connectivity index (χ2v) is 6.63. The first-order valence-corrected chi connectivity index (χ1v) is 7.70. The number of amides is 1. The summed E-state index contributed by atoms with van der Waals surface area (Å²) >= 11 is 0.643. The summed E-state index contributed by atoms with van der Waals surface area (Å²) in [5.41, 5.74) is 0.218. The molecule has 0 bridgehead atoms. The Morgan fingerprint density at radius 1 is 1.38 bits per heavy atom. The number of halogens is 1. The summed E-state index contributed by atoms with van der Waals surface area (Å²) in [4.78, 5) is 17.7. The number of carboxylic acid groups (broad SMARTS) is 1. The number of aryl methyl sites for hydroxylation is 1. The van der Waals surface area contributed by atoms with Gasteiger partial charge in [-0.3, -0.25) is 10.0 Å². The first-order valence-electron chi connectivity index (χ1n) is 5.40. The molecule has 1 amide bonds. The van der Waals surface area contributed by atoms with Gasteiger partial charge in [-0.25, -0.2) is 14.8 Å². The monoisotopic (exact) mass is 332 g/mol. The summed E-state index contributed by atoms with van der Waals surface area (Å²) in [5, 5.41) is 10.8. The van der Waals surface area contributed by atoms with Crippen molar-refractivity contribution in [1.82, 2.24) is 9.97 Å². The van der Waals surface area contributed by atoms with Crippen LogP contribution in [0.25, 0.3) is 0 Å². The molecule has 2 aromatic heterocycles. The lowest BCUT2D eigenvalue weighted by Crippen LogP contribution is -2.14. The molecule has 0 aliphatic rings. The molecular weight excluding hydrogens is 323 g/mol. The number of thiazole rings is 1. The average molecular weight is 332 g/mol. The Labute approximate surface area is 122 Å². The van der Waals surface area contributed by atoms with Gasteiger partial charge in [-0.2, -0.15) is 12.8 Å². The smallest absolute Gasteiger partial charge is 0.409 e. The topological polar surface area (TPSA) is 121 Å². The quantitative estimate of drug-likeness (QED) is 0.735. The number of rotatable bonds is 4. The Morgan fingerprint density at radius 2 is 2.10 bits per heavy atom. The number of hydrogen-bond acceptors (Lipinski definition) is 6. The predicted molar refractivity (Wildman–Crippen MR) is 73.5 cm³/mol. The molecule has 0 radical (unpaired) electrons. The van der Waals surface area contributed by atoms with Gasteiger partial charge in [0.1, 0.15) is 10.8 Å². The van der Waals surface area contributed by atoms with Crippen molar-refractivity contribution < 1.29 is 22.7 Å². The van der Waals surface area contributed by atoms with Crippen LogP contribution >= 0.6 is 11.3 Å². The largest absolute Gasteiger partial charge is 0.465 e. The van der Waals surface area contributed by atoms with Gasteiger partial charge in [-0.05, 0) is 19.1 Å². The van der Waals surface area contributed by atoms with Gasteiger partial charge in [-0.15, -0.1) is 0 Å². The van der Waals surface area contributed by atoms with E-state index in [4.69, 9.17) is 5.11 Å². The molecule has 11 heteroatoms. The van der Waals surface area contributed by atoms with Crippen LogP contribution in [0.3, 0.4) is 0 Å². The lowest BCUT2D eigenvalue weighted by Gasteiger charge is -2.03. The Bertz CT molecular complexity index is 790. The molecule has 2 aromatic rings. The third kappa shape index (κ3) is 3.64. The van der Waals surface area contributed by atoms with Crippen LogP contribution in [0.15, 0.2) is 22.5 Å². The van der Waals surface area contributed by atoms with Crippen LogP contribution in [0.1, 0.15) is 5.69 Å². The average Bonchev–Trinajstić information content (AvgIpc) is 2.70. The standard InChI is InChI=1S/C10H9FN4O4S2/c1-5-8(14-9(16)17)20-10(12-5)21(18,19)15-7-4-2-3-6(11)13-7/h2-4,14H,1H3,(H,13,15)(H,16,17). The lowest BCUT2D eigenvalue weighted by molar-refractivity contribution is 0.210. The molecule has 0 atom stereocenters. The van der Waals surface area contributed by atoms with Crippen LogP contribution in [0.4, 0.5) is 20.0 Å². The first kappa shape index (κ1) is 15.1. The summed E-state index contributed by atoms with van der Waals surface area (Å²) < 4.78 is 38.8. The summed E-state index contributed by atoms with van der Waals surface area (Å²) in [6.07, 6.45) is -1.33. The molecule has 0 unspecified atom stereocenters. The van der Waals surface area contributed by atoms with E-state index in [2.05, 4.69) is 14.7 Å². The van der Waals surface area contributed by atoms with Crippen molar-refractivity contribution in [2.24, 2.45) is 0 Å². The number of anilines is 2. The van der Waals surface area contributed by atoms with Crippen LogP contribution < -0.4 is 10.0 Å². The highest BCUT2D eigenvalue weighted by Crippen LogP contribution is 2.28. The van der Waals surface area contributed by atoms with Gasteiger partial charge in [-0.1, -0.05) is 17.4 Å². The van der Waals surface area contributed by atoms with E-state index in [1.165, 1.54) is 19.1 Å². The molecule has 21 heavy (non-hydrogen) atoms. The number of aromatic nitrogens is 2. The molecule has 2 rings (SSSR count). The highest BCUT2D eigenvalue weighted by molar-refractivity contribution is 7.94. The van der Waals surface area contributed by atoms with Crippen LogP contribution in [0.5, 0.6) is 0 Å². The summed E-state index contributed by atoms with van der Waals surface area (Å²) in [5.74, 6) is -1.03. The van der Waals surface area contributed by atoms with Crippen molar-refractivity contribution >= 4 is 38.3 Å². The zero-order valence-electron chi connectivity index (χ0n) is 10.5. The molecule has 0 aromatic carbocycles. The summed E-state index contributed by atoms with van der Waals surface area (Å²) in [6.45, 7) is 1.46. The fourth-order valence-electron chi connectivity index (χ4n) is 1.35. The van der Waals surface area contributed by atoms with Gasteiger partial charge in [0, 0.05) is 0 Å². The number of sulfonamides is 1. The van der Waals surface area contributed by atoms with E-state index < -0.39 is 22.1 Å². The Kier molecular flexibility index (Phi) is 4.04. The summed E-state index contributed by atoms with van der Waals surface area (Å²) in [6, 6.07) is 3.64. The second-order valence-electron chi connectivity index (χ2n) is 3.78. The molecule has 3 N–H and O–H groups in total. The van der Waals surface area contributed by atoms with E-state index in [0.29, 0.717) is 11.3 Å². The Balaban J connectivity index is 2.29. The van der Waals surface area contributed by atoms with Crippen molar-refractivity contribution in [3.63, 3.8) is 0 Å². The van der Waals surface area contributed by atoms with E-state index in [0.717, 1.165) is 6.07 Å². The van der Waals surface area contributed by atoms with Crippen molar-refractivity contribution in [3.8, 4) is 0 Å². The fraction of sp³-hybridized carbons (Fsp3) is 0.100. The maximum Gasteiger partial charge on any atom is 0.409 e. The molecular formula is C10H9FN4O4S2. The minimum atomic E-state index is -4.07. The minimum absolute atomic E-state index is 0.0927. The molecule has 0 spiro atoms. The van der Waals surface area contributed by atoms with Gasteiger partial charge < -0.3 is 5.11 Å². The highest BCUT2D eigenvalue weighted by Gasteiger charge is 2.22. The Morgan fingerprint density at radius 3 is 2.71 bits per heavy atom. The van der Waals surface area contributed by atoms with Crippen LogP contribution in [0, 0.1) is 12.9 Å². The SMILES string of the molecule is Cc1nc(S(=O)(=O)Nc2cccc(F)n2)sc1NC(=O)O. The maximum absolute atomic E-state index is 12.9. The number of nitrogens with one attached hydrogen (secondary N) is 2. The number of hydrogen-bond donors (Lipinski definition) is 3. The fourth-order valence-corrected chi connectivity index (χ4v) is 3.58. The van der Waals surface area contributed by atoms with Gasteiger partial charge in [0.15, 0.2) is 0 Å². The molecule has 0 aliphatic carbocycles. The normalized spacial score (nSPS) is 11.1. The second kappa shape index (κ2) is 5.61. The molecule has 0 saturated heterocycles. The zero-order valence-corrected chi connectivity index (χ0v) is 12.1. The lowest BCUT2D eigenvalue weighted by atomic mass is 10.5. The Hall–Kier alpha value is -2.27. The highest BCUT2D eigenvalue weighted by atomic mass is 32.2. The van der Waals surface area contributed by atoms with Gasteiger partial charge in [0.2, 0.25) is 10.3 Å². The van der Waals surface area contributed by atoms with Gasteiger partial charge in [0.05, 0.1) is 5.69 Å². The van der Waals surface area contributed by atoms with Crippen molar-refractivity contribution in [1.29, 1.82) is 0 Å². The molecule has 0 aliphatic heterocycles. The van der Waals surface area contributed by atoms with Crippen molar-refractivity contribution in [2.75, 3.05) is 10.0 Å². The third-order valence-electron chi connectivity index (χ3n) is 2.18. The summed E-state index contributed by atoms with van der Waals surface area (Å²) in [7, 11) is -4.07. The molecule has 0 saturated carbocycles. The molecule has 0 fully saturated rings. The minimum Gasteiger partial charge on any atom is -0.465 e. The maximum atomic E-state index is 12.9. The number of carbonyl (C=O) groups is 1. The van der Waals surface area contributed by atoms with E-state index >= 15 is 0 Å². The van der Waals surface area contributed by atoms with Crippen LogP contribution in [-0.4, -0.2) is 29.6 Å². The number of nitrogens with zero attached hydrogens (tertiary/aromatic N) is 2.